The summed E-state index contributed by atoms with van der Waals surface area (Å²) in [5.41, 5.74) is 1.02. The standard InChI is InChI=1S/C20H30N2O2/c1-11-5-15-16(6-11)20(24)22-10-12(2)7-17(22)14(4)21-9-13(3)8-18(21)19(15)23/h11-13,15-18H,4-10H2,1-3H3. The molecule has 3 saturated heterocycles. The maximum Gasteiger partial charge on any atom is 0.226 e. The van der Waals surface area contributed by atoms with Gasteiger partial charge in [0, 0.05) is 30.6 Å². The predicted octanol–water partition coefficient (Wildman–Crippen LogP) is 2.69. The van der Waals surface area contributed by atoms with E-state index in [0.717, 1.165) is 44.5 Å². The SMILES string of the molecule is C=C1C2CC(C)CN2C(=O)C2CC(C)CC2C(=O)C2CC(C)CN12. The Morgan fingerprint density at radius 1 is 0.792 bits per heavy atom. The van der Waals surface area contributed by atoms with Gasteiger partial charge in [0.2, 0.25) is 5.91 Å². The van der Waals surface area contributed by atoms with E-state index in [1.54, 1.807) is 0 Å². The number of carbonyl (C=O) groups excluding carboxylic acids is 2. The van der Waals surface area contributed by atoms with Crippen LogP contribution in [0.5, 0.6) is 0 Å². The zero-order chi connectivity index (χ0) is 17.2. The van der Waals surface area contributed by atoms with Crippen molar-refractivity contribution in [3.05, 3.63) is 12.3 Å². The molecular formula is C20H30N2O2. The van der Waals surface area contributed by atoms with E-state index in [4.69, 9.17) is 0 Å². The number of fused-ring (bicyclic) bond motifs is 3. The normalized spacial score (nSPS) is 45.6. The highest BCUT2D eigenvalue weighted by Gasteiger charge is 2.52. The van der Waals surface area contributed by atoms with Crippen molar-refractivity contribution in [2.75, 3.05) is 13.1 Å². The molecule has 0 aromatic heterocycles. The maximum atomic E-state index is 13.3. The van der Waals surface area contributed by atoms with E-state index in [-0.39, 0.29) is 29.8 Å². The molecule has 0 aromatic rings. The van der Waals surface area contributed by atoms with Gasteiger partial charge in [-0.1, -0.05) is 27.4 Å². The molecule has 1 amide bonds. The molecule has 3 heterocycles. The van der Waals surface area contributed by atoms with Gasteiger partial charge in [0.25, 0.3) is 0 Å². The van der Waals surface area contributed by atoms with E-state index in [2.05, 4.69) is 37.1 Å². The van der Waals surface area contributed by atoms with E-state index in [9.17, 15) is 9.59 Å². The Hall–Kier alpha value is -1.32. The maximum absolute atomic E-state index is 13.3. The summed E-state index contributed by atoms with van der Waals surface area (Å²) in [5, 5.41) is 0. The zero-order valence-electron chi connectivity index (χ0n) is 15.2. The summed E-state index contributed by atoms with van der Waals surface area (Å²) in [6.45, 7) is 12.8. The molecule has 1 saturated carbocycles. The Labute approximate surface area is 145 Å². The van der Waals surface area contributed by atoms with Gasteiger partial charge in [-0.25, -0.2) is 0 Å². The van der Waals surface area contributed by atoms with Crippen molar-refractivity contribution in [3.63, 3.8) is 0 Å². The van der Waals surface area contributed by atoms with E-state index >= 15 is 0 Å². The van der Waals surface area contributed by atoms with E-state index in [0.29, 0.717) is 23.5 Å². The van der Waals surface area contributed by atoms with Crippen LogP contribution >= 0.6 is 0 Å². The summed E-state index contributed by atoms with van der Waals surface area (Å²) in [5.74, 6) is 1.88. The van der Waals surface area contributed by atoms with Gasteiger partial charge in [-0.15, -0.1) is 0 Å². The predicted molar refractivity (Wildman–Crippen MR) is 93.1 cm³/mol. The number of nitrogens with zero attached hydrogens (tertiary/aromatic N) is 2. The smallest absolute Gasteiger partial charge is 0.226 e. The lowest BCUT2D eigenvalue weighted by atomic mass is 9.86. The van der Waals surface area contributed by atoms with Gasteiger partial charge in [0.1, 0.15) is 0 Å². The third-order valence-electron chi connectivity index (χ3n) is 6.87. The van der Waals surface area contributed by atoms with Crippen LogP contribution in [0.15, 0.2) is 12.3 Å². The zero-order valence-corrected chi connectivity index (χ0v) is 15.2. The minimum Gasteiger partial charge on any atom is -0.363 e. The van der Waals surface area contributed by atoms with Crippen molar-refractivity contribution in [2.24, 2.45) is 29.6 Å². The summed E-state index contributed by atoms with van der Waals surface area (Å²) in [6.07, 6.45) is 3.67. The highest BCUT2D eigenvalue weighted by Crippen LogP contribution is 2.45. The highest BCUT2D eigenvalue weighted by atomic mass is 16.2. The van der Waals surface area contributed by atoms with Gasteiger partial charge in [-0.05, 0) is 43.4 Å². The first kappa shape index (κ1) is 16.2. The van der Waals surface area contributed by atoms with E-state index < -0.39 is 0 Å². The fourth-order valence-electron chi connectivity index (χ4n) is 5.77. The van der Waals surface area contributed by atoms with Crippen LogP contribution in [0, 0.1) is 29.6 Å². The average Bonchev–Trinajstić information content (AvgIpc) is 3.21. The third-order valence-corrected chi connectivity index (χ3v) is 6.87. The second kappa shape index (κ2) is 5.60. The molecule has 0 bridgehead atoms. The van der Waals surface area contributed by atoms with Crippen LogP contribution in [-0.4, -0.2) is 46.7 Å². The molecule has 0 aromatic carbocycles. The molecule has 0 N–H and O–H groups in total. The monoisotopic (exact) mass is 330 g/mol. The molecule has 4 aliphatic rings. The lowest BCUT2D eigenvalue weighted by Crippen LogP contribution is -2.43. The summed E-state index contributed by atoms with van der Waals surface area (Å²) in [4.78, 5) is 31.0. The lowest BCUT2D eigenvalue weighted by molar-refractivity contribution is -0.140. The molecule has 4 rings (SSSR count). The van der Waals surface area contributed by atoms with Gasteiger partial charge in [-0.3, -0.25) is 9.59 Å². The van der Waals surface area contributed by atoms with Crippen molar-refractivity contribution in [1.29, 1.82) is 0 Å². The molecule has 0 radical (unpaired) electrons. The van der Waals surface area contributed by atoms with Crippen molar-refractivity contribution in [2.45, 2.75) is 58.5 Å². The highest BCUT2D eigenvalue weighted by molar-refractivity contribution is 5.93. The van der Waals surface area contributed by atoms with Crippen LogP contribution in [0.3, 0.4) is 0 Å². The molecule has 7 unspecified atom stereocenters. The summed E-state index contributed by atoms with van der Waals surface area (Å²) >= 11 is 0. The Morgan fingerprint density at radius 3 is 2.08 bits per heavy atom. The van der Waals surface area contributed by atoms with Crippen LogP contribution in [-0.2, 0) is 9.59 Å². The first-order chi connectivity index (χ1) is 11.4. The Morgan fingerprint density at radius 2 is 1.38 bits per heavy atom. The van der Waals surface area contributed by atoms with Gasteiger partial charge in [0.05, 0.1) is 12.1 Å². The quantitative estimate of drug-likeness (QED) is 0.686. The summed E-state index contributed by atoms with van der Waals surface area (Å²) in [6, 6.07) is 0.0525. The molecular weight excluding hydrogens is 300 g/mol. The van der Waals surface area contributed by atoms with Crippen molar-refractivity contribution >= 4 is 11.7 Å². The molecule has 4 heteroatoms. The van der Waals surface area contributed by atoms with E-state index in [1.165, 1.54) is 0 Å². The average molecular weight is 330 g/mol. The Balaban J connectivity index is 1.76. The minimum atomic E-state index is -0.0936. The Bertz CT molecular complexity index is 463. The fraction of sp³-hybridized carbons (Fsp3) is 0.800. The number of carbonyl (C=O) groups is 2. The molecule has 1 aliphatic carbocycles. The van der Waals surface area contributed by atoms with Crippen LogP contribution in [0.25, 0.3) is 0 Å². The van der Waals surface area contributed by atoms with Gasteiger partial charge in [-0.2, -0.15) is 0 Å². The number of hydrogen-bond acceptors (Lipinski definition) is 3. The lowest BCUT2D eigenvalue weighted by Gasteiger charge is -2.34. The fourth-order valence-corrected chi connectivity index (χ4v) is 5.77. The van der Waals surface area contributed by atoms with Crippen LogP contribution in [0.2, 0.25) is 0 Å². The number of hydrogen-bond donors (Lipinski definition) is 0. The van der Waals surface area contributed by atoms with Crippen LogP contribution in [0.4, 0.5) is 0 Å². The largest absolute Gasteiger partial charge is 0.363 e. The molecule has 4 fully saturated rings. The summed E-state index contributed by atoms with van der Waals surface area (Å²) in [7, 11) is 0. The molecule has 3 aliphatic heterocycles. The van der Waals surface area contributed by atoms with Gasteiger partial charge >= 0.3 is 0 Å². The number of Topliss-reactive ketones (excluding diaryl/α,β-unsaturated/α-hetero) is 1. The molecule has 4 nitrogen and oxygen atoms in total. The second-order valence-electron chi connectivity index (χ2n) is 9.04. The van der Waals surface area contributed by atoms with E-state index in [1.807, 2.05) is 0 Å². The van der Waals surface area contributed by atoms with Gasteiger partial charge in [0.15, 0.2) is 5.78 Å². The second-order valence-corrected chi connectivity index (χ2v) is 9.04. The van der Waals surface area contributed by atoms with Crippen molar-refractivity contribution < 1.29 is 9.59 Å². The molecule has 7 atom stereocenters. The first-order valence-corrected chi connectivity index (χ1v) is 9.66. The summed E-state index contributed by atoms with van der Waals surface area (Å²) < 4.78 is 0. The van der Waals surface area contributed by atoms with Crippen LogP contribution < -0.4 is 0 Å². The van der Waals surface area contributed by atoms with Crippen molar-refractivity contribution in [1.82, 2.24) is 9.80 Å². The van der Waals surface area contributed by atoms with Crippen LogP contribution in [0.1, 0.15) is 46.5 Å². The molecule has 0 spiro atoms. The van der Waals surface area contributed by atoms with Crippen molar-refractivity contribution in [3.8, 4) is 0 Å². The number of amides is 1. The number of rotatable bonds is 0. The number of ketones is 1. The first-order valence-electron chi connectivity index (χ1n) is 9.66. The Kier molecular flexibility index (Phi) is 3.77. The third kappa shape index (κ3) is 2.33. The molecule has 132 valence electrons. The minimum absolute atomic E-state index is 0.0473. The topological polar surface area (TPSA) is 40.6 Å². The van der Waals surface area contributed by atoms with Gasteiger partial charge < -0.3 is 9.80 Å². The molecule has 24 heavy (non-hydrogen) atoms.